The zero-order chi connectivity index (χ0) is 15.6. The van der Waals surface area contributed by atoms with Gasteiger partial charge >= 0.3 is 6.03 Å². The van der Waals surface area contributed by atoms with Crippen molar-refractivity contribution in [2.45, 2.75) is 44.4 Å². The van der Waals surface area contributed by atoms with Crippen LogP contribution in [-0.4, -0.2) is 34.3 Å². The van der Waals surface area contributed by atoms with Gasteiger partial charge in [-0.2, -0.15) is 0 Å². The van der Waals surface area contributed by atoms with Gasteiger partial charge in [0.05, 0.1) is 5.69 Å². The topological polar surface area (TPSA) is 84.4 Å². The molecule has 1 saturated heterocycles. The first-order valence-corrected chi connectivity index (χ1v) is 8.25. The molecule has 4 rings (SSSR count). The minimum atomic E-state index is -0.0923. The summed E-state index contributed by atoms with van der Waals surface area (Å²) >= 11 is 0. The fourth-order valence-corrected chi connectivity index (χ4v) is 3.47. The summed E-state index contributed by atoms with van der Waals surface area (Å²) in [4.78, 5) is 14.3. The number of anilines is 1. The molecule has 1 fully saturated rings. The summed E-state index contributed by atoms with van der Waals surface area (Å²) in [6.07, 6.45) is 7.51. The number of carbonyl (C=O) groups is 1. The third-order valence-electron chi connectivity index (χ3n) is 4.83. The van der Waals surface area contributed by atoms with Crippen LogP contribution in [0.3, 0.4) is 0 Å². The van der Waals surface area contributed by atoms with Crippen LogP contribution < -0.4 is 5.32 Å². The first kappa shape index (κ1) is 14.3. The van der Waals surface area contributed by atoms with Gasteiger partial charge in [-0.25, -0.2) is 4.79 Å². The number of amides is 2. The highest BCUT2D eigenvalue weighted by atomic mass is 16.5. The number of fused-ring (bicyclic) bond motifs is 1. The molecule has 2 amide bonds. The fourth-order valence-electron chi connectivity index (χ4n) is 3.47. The molecule has 0 saturated carbocycles. The molecule has 2 aromatic rings. The van der Waals surface area contributed by atoms with E-state index in [4.69, 9.17) is 9.05 Å². The standard InChI is InChI=1S/C16H20N4O3/c21-16(17-15-12-3-1-2-4-14(12)23-19-15)20-8-5-11(6-9-20)13-7-10-22-18-13/h7,10-11H,1-6,8-9H2,(H,17,19,21). The van der Waals surface area contributed by atoms with Crippen LogP contribution in [-0.2, 0) is 12.8 Å². The van der Waals surface area contributed by atoms with Crippen molar-refractivity contribution >= 4 is 11.8 Å². The predicted molar refractivity (Wildman–Crippen MR) is 82.2 cm³/mol. The second-order valence-electron chi connectivity index (χ2n) is 6.26. The van der Waals surface area contributed by atoms with Gasteiger partial charge in [-0.05, 0) is 32.1 Å². The van der Waals surface area contributed by atoms with Crippen LogP contribution in [0.5, 0.6) is 0 Å². The molecular formula is C16H20N4O3. The molecule has 0 radical (unpaired) electrons. The second kappa shape index (κ2) is 6.06. The Morgan fingerprint density at radius 3 is 2.83 bits per heavy atom. The molecule has 1 aliphatic carbocycles. The monoisotopic (exact) mass is 316 g/mol. The van der Waals surface area contributed by atoms with E-state index in [1.165, 1.54) is 0 Å². The number of nitrogens with one attached hydrogen (secondary N) is 1. The highest BCUT2D eigenvalue weighted by molar-refractivity contribution is 5.89. The molecule has 0 atom stereocenters. The van der Waals surface area contributed by atoms with Crippen molar-refractivity contribution in [3.8, 4) is 0 Å². The van der Waals surface area contributed by atoms with E-state index in [-0.39, 0.29) is 6.03 Å². The maximum atomic E-state index is 12.4. The molecule has 0 bridgehead atoms. The Balaban J connectivity index is 1.36. The number of likely N-dealkylation sites (tertiary alicyclic amines) is 1. The number of piperidine rings is 1. The Morgan fingerprint density at radius 1 is 1.22 bits per heavy atom. The lowest BCUT2D eigenvalue weighted by atomic mass is 9.94. The summed E-state index contributed by atoms with van der Waals surface area (Å²) < 4.78 is 10.2. The molecule has 2 aliphatic rings. The van der Waals surface area contributed by atoms with Crippen molar-refractivity contribution < 1.29 is 13.8 Å². The van der Waals surface area contributed by atoms with Crippen LogP contribution in [0.15, 0.2) is 21.4 Å². The van der Waals surface area contributed by atoms with Gasteiger partial charge in [0, 0.05) is 37.1 Å². The van der Waals surface area contributed by atoms with E-state index in [0.717, 1.165) is 55.5 Å². The molecule has 0 aromatic carbocycles. The first-order chi connectivity index (χ1) is 11.3. The van der Waals surface area contributed by atoms with Gasteiger partial charge in [-0.3, -0.25) is 5.32 Å². The normalized spacial score (nSPS) is 18.7. The molecule has 7 nitrogen and oxygen atoms in total. The number of hydrogen-bond donors (Lipinski definition) is 1. The molecule has 7 heteroatoms. The predicted octanol–water partition coefficient (Wildman–Crippen LogP) is 2.95. The average molecular weight is 316 g/mol. The van der Waals surface area contributed by atoms with Gasteiger partial charge in [-0.1, -0.05) is 10.3 Å². The minimum absolute atomic E-state index is 0.0923. The number of rotatable bonds is 2. The van der Waals surface area contributed by atoms with E-state index in [0.29, 0.717) is 24.8 Å². The Hall–Kier alpha value is -2.31. The van der Waals surface area contributed by atoms with Crippen molar-refractivity contribution in [3.63, 3.8) is 0 Å². The molecule has 3 heterocycles. The van der Waals surface area contributed by atoms with E-state index in [2.05, 4.69) is 15.6 Å². The lowest BCUT2D eigenvalue weighted by Gasteiger charge is -2.30. The smallest absolute Gasteiger partial charge is 0.323 e. The van der Waals surface area contributed by atoms with Crippen molar-refractivity contribution in [2.75, 3.05) is 18.4 Å². The minimum Gasteiger partial charge on any atom is -0.365 e. The number of carbonyl (C=O) groups excluding carboxylic acids is 1. The molecule has 23 heavy (non-hydrogen) atoms. The maximum Gasteiger partial charge on any atom is 0.323 e. The lowest BCUT2D eigenvalue weighted by molar-refractivity contribution is 0.193. The Morgan fingerprint density at radius 2 is 2.04 bits per heavy atom. The molecular weight excluding hydrogens is 296 g/mol. The Bertz CT molecular complexity index is 672. The Labute approximate surface area is 134 Å². The van der Waals surface area contributed by atoms with E-state index >= 15 is 0 Å². The molecule has 2 aromatic heterocycles. The van der Waals surface area contributed by atoms with Crippen LogP contribution in [0.4, 0.5) is 10.6 Å². The quantitative estimate of drug-likeness (QED) is 0.920. The highest BCUT2D eigenvalue weighted by Gasteiger charge is 2.27. The van der Waals surface area contributed by atoms with Gasteiger partial charge in [0.2, 0.25) is 0 Å². The van der Waals surface area contributed by atoms with E-state index in [1.54, 1.807) is 6.26 Å². The van der Waals surface area contributed by atoms with Gasteiger partial charge in [0.25, 0.3) is 0 Å². The molecule has 1 N–H and O–H groups in total. The van der Waals surface area contributed by atoms with Crippen molar-refractivity contribution in [2.24, 2.45) is 0 Å². The number of aromatic nitrogens is 2. The largest absolute Gasteiger partial charge is 0.365 e. The summed E-state index contributed by atoms with van der Waals surface area (Å²) in [7, 11) is 0. The summed E-state index contributed by atoms with van der Waals surface area (Å²) in [5.74, 6) is 1.90. The zero-order valence-electron chi connectivity index (χ0n) is 13.0. The zero-order valence-corrected chi connectivity index (χ0v) is 13.0. The first-order valence-electron chi connectivity index (χ1n) is 8.25. The summed E-state index contributed by atoms with van der Waals surface area (Å²) in [6.45, 7) is 1.42. The van der Waals surface area contributed by atoms with Gasteiger partial charge in [0.1, 0.15) is 12.0 Å². The number of nitrogens with zero attached hydrogens (tertiary/aromatic N) is 3. The SMILES string of the molecule is O=C(Nc1noc2c1CCCC2)N1CCC(c2ccon2)CC1. The molecule has 0 unspecified atom stereocenters. The Kier molecular flexibility index (Phi) is 3.77. The maximum absolute atomic E-state index is 12.4. The van der Waals surface area contributed by atoms with Crippen molar-refractivity contribution in [3.05, 3.63) is 29.3 Å². The number of hydrogen-bond acceptors (Lipinski definition) is 5. The summed E-state index contributed by atoms with van der Waals surface area (Å²) in [5.41, 5.74) is 2.05. The van der Waals surface area contributed by atoms with Gasteiger partial charge in [0.15, 0.2) is 5.82 Å². The lowest BCUT2D eigenvalue weighted by Crippen LogP contribution is -2.40. The van der Waals surface area contributed by atoms with Crippen LogP contribution in [0.25, 0.3) is 0 Å². The average Bonchev–Trinajstić information content (AvgIpc) is 3.25. The molecule has 0 spiro atoms. The third-order valence-corrected chi connectivity index (χ3v) is 4.83. The van der Waals surface area contributed by atoms with Crippen LogP contribution >= 0.6 is 0 Å². The highest BCUT2D eigenvalue weighted by Crippen LogP contribution is 2.29. The van der Waals surface area contributed by atoms with E-state index < -0.39 is 0 Å². The fraction of sp³-hybridized carbons (Fsp3) is 0.562. The van der Waals surface area contributed by atoms with Crippen LogP contribution in [0, 0.1) is 0 Å². The molecule has 122 valence electrons. The van der Waals surface area contributed by atoms with Crippen molar-refractivity contribution in [1.29, 1.82) is 0 Å². The second-order valence-corrected chi connectivity index (χ2v) is 6.26. The third kappa shape index (κ3) is 2.83. The van der Waals surface area contributed by atoms with Gasteiger partial charge in [-0.15, -0.1) is 0 Å². The van der Waals surface area contributed by atoms with Crippen LogP contribution in [0.2, 0.25) is 0 Å². The molecule has 1 aliphatic heterocycles. The number of urea groups is 1. The summed E-state index contributed by atoms with van der Waals surface area (Å²) in [5, 5.41) is 11.0. The van der Waals surface area contributed by atoms with Crippen molar-refractivity contribution in [1.82, 2.24) is 15.2 Å². The van der Waals surface area contributed by atoms with Crippen LogP contribution in [0.1, 0.15) is 48.6 Å². The summed E-state index contributed by atoms with van der Waals surface area (Å²) in [6, 6.07) is 1.81. The van der Waals surface area contributed by atoms with Gasteiger partial charge < -0.3 is 13.9 Å². The number of aryl methyl sites for hydroxylation is 1. The van der Waals surface area contributed by atoms with E-state index in [9.17, 15) is 4.79 Å². The van der Waals surface area contributed by atoms with E-state index in [1.807, 2.05) is 11.0 Å².